The third kappa shape index (κ3) is 1.75. The van der Waals surface area contributed by atoms with Crippen LogP contribution in [0, 0.1) is 26.2 Å². The zero-order chi connectivity index (χ0) is 16.1. The molecule has 0 atom stereocenters. The average Bonchev–Trinajstić information content (AvgIpc) is 2.97. The van der Waals surface area contributed by atoms with Gasteiger partial charge in [0.1, 0.15) is 11.4 Å². The van der Waals surface area contributed by atoms with Crippen molar-refractivity contribution in [3.63, 3.8) is 0 Å². The van der Waals surface area contributed by atoms with Gasteiger partial charge < -0.3 is 9.72 Å². The van der Waals surface area contributed by atoms with E-state index in [2.05, 4.69) is 41.9 Å². The highest BCUT2D eigenvalue weighted by atomic mass is 16.5. The summed E-state index contributed by atoms with van der Waals surface area (Å²) in [6.45, 7) is 4.23. The molecule has 3 nitrogen and oxygen atoms in total. The second kappa shape index (κ2) is 4.76. The van der Waals surface area contributed by atoms with Crippen LogP contribution < -0.4 is 4.74 Å². The number of nitrogens with one attached hydrogen (secondary N) is 1. The number of methoxy groups -OCH3 is 1. The maximum absolute atomic E-state index is 5.67. The molecule has 2 heterocycles. The lowest BCUT2D eigenvalue weighted by Crippen LogP contribution is -1.92. The predicted molar refractivity (Wildman–Crippen MR) is 95.1 cm³/mol. The lowest BCUT2D eigenvalue weighted by molar-refractivity contribution is 0.415. The summed E-state index contributed by atoms with van der Waals surface area (Å²) < 4.78 is 5.38. The summed E-state index contributed by atoms with van der Waals surface area (Å²) in [5.41, 5.74) is 5.28. The maximum Gasteiger partial charge on any atom is 0.120 e. The molecular formula is C20H16N2O. The van der Waals surface area contributed by atoms with Gasteiger partial charge in [-0.15, -0.1) is 6.42 Å². The molecule has 23 heavy (non-hydrogen) atoms. The van der Waals surface area contributed by atoms with E-state index in [1.165, 1.54) is 10.9 Å². The Morgan fingerprint density at radius 3 is 2.65 bits per heavy atom. The predicted octanol–water partition coefficient (Wildman–Crippen LogP) is 4.48. The van der Waals surface area contributed by atoms with Gasteiger partial charge in [0.2, 0.25) is 0 Å². The minimum Gasteiger partial charge on any atom is -0.497 e. The Morgan fingerprint density at radius 1 is 1.09 bits per heavy atom. The van der Waals surface area contributed by atoms with E-state index in [0.717, 1.165) is 38.5 Å². The van der Waals surface area contributed by atoms with Crippen molar-refractivity contribution in [2.75, 3.05) is 7.11 Å². The zero-order valence-electron chi connectivity index (χ0n) is 13.3. The van der Waals surface area contributed by atoms with E-state index in [1.807, 2.05) is 12.1 Å². The van der Waals surface area contributed by atoms with Crippen LogP contribution in [0.3, 0.4) is 0 Å². The second-order valence-corrected chi connectivity index (χ2v) is 5.76. The number of ether oxygens (including phenoxy) is 1. The van der Waals surface area contributed by atoms with Gasteiger partial charge in [0.25, 0.3) is 0 Å². The summed E-state index contributed by atoms with van der Waals surface area (Å²) in [6, 6.07) is 8.12. The summed E-state index contributed by atoms with van der Waals surface area (Å²) in [7, 11) is 1.68. The number of rotatable bonds is 1. The van der Waals surface area contributed by atoms with Crippen molar-refractivity contribution in [1.82, 2.24) is 9.97 Å². The van der Waals surface area contributed by atoms with Gasteiger partial charge in [-0.1, -0.05) is 0 Å². The van der Waals surface area contributed by atoms with Crippen molar-refractivity contribution in [3.8, 4) is 18.1 Å². The molecule has 0 saturated heterocycles. The van der Waals surface area contributed by atoms with E-state index in [9.17, 15) is 0 Å². The van der Waals surface area contributed by atoms with Crippen LogP contribution in [0.15, 0.2) is 30.5 Å². The fourth-order valence-electron chi connectivity index (χ4n) is 3.49. The Morgan fingerprint density at radius 2 is 1.91 bits per heavy atom. The topological polar surface area (TPSA) is 37.9 Å². The smallest absolute Gasteiger partial charge is 0.120 e. The number of aromatic amines is 1. The largest absolute Gasteiger partial charge is 0.497 e. The van der Waals surface area contributed by atoms with Gasteiger partial charge in [0.05, 0.1) is 12.6 Å². The number of terminal acetylenes is 1. The van der Waals surface area contributed by atoms with Crippen molar-refractivity contribution in [2.24, 2.45) is 0 Å². The Balaban J connectivity index is 2.31. The fraction of sp³-hybridized carbons (Fsp3) is 0.150. The SMILES string of the molecule is C#Cc1nccc2c(C)c3[nH]c4ccc(OC)cc4c3c(C)c12. The number of benzene rings is 2. The van der Waals surface area contributed by atoms with Crippen molar-refractivity contribution >= 4 is 32.6 Å². The van der Waals surface area contributed by atoms with Crippen LogP contribution in [-0.4, -0.2) is 17.1 Å². The first-order chi connectivity index (χ1) is 11.2. The summed E-state index contributed by atoms with van der Waals surface area (Å²) >= 11 is 0. The molecule has 0 amide bonds. The number of aryl methyl sites for hydroxylation is 2. The van der Waals surface area contributed by atoms with Crippen LogP contribution in [0.5, 0.6) is 5.75 Å². The molecule has 112 valence electrons. The van der Waals surface area contributed by atoms with Gasteiger partial charge in [0.15, 0.2) is 0 Å². The lowest BCUT2D eigenvalue weighted by atomic mass is 9.95. The molecule has 2 aromatic heterocycles. The Labute approximate surface area is 134 Å². The van der Waals surface area contributed by atoms with Gasteiger partial charge in [-0.2, -0.15) is 0 Å². The van der Waals surface area contributed by atoms with Crippen LogP contribution in [0.1, 0.15) is 16.8 Å². The molecule has 0 bridgehead atoms. The van der Waals surface area contributed by atoms with Gasteiger partial charge >= 0.3 is 0 Å². The fourth-order valence-corrected chi connectivity index (χ4v) is 3.49. The summed E-state index contributed by atoms with van der Waals surface area (Å²) in [6.07, 6.45) is 7.45. The Hall–Kier alpha value is -2.99. The molecule has 0 unspecified atom stereocenters. The van der Waals surface area contributed by atoms with Gasteiger partial charge in [-0.05, 0) is 60.5 Å². The van der Waals surface area contributed by atoms with Crippen molar-refractivity contribution in [2.45, 2.75) is 13.8 Å². The number of pyridine rings is 1. The summed E-state index contributed by atoms with van der Waals surface area (Å²) in [5.74, 6) is 3.57. The maximum atomic E-state index is 5.67. The monoisotopic (exact) mass is 300 g/mol. The van der Waals surface area contributed by atoms with Crippen molar-refractivity contribution in [3.05, 3.63) is 47.3 Å². The number of aromatic nitrogens is 2. The molecule has 0 radical (unpaired) electrons. The minimum atomic E-state index is 0.697. The van der Waals surface area contributed by atoms with Crippen LogP contribution in [0.2, 0.25) is 0 Å². The zero-order valence-corrected chi connectivity index (χ0v) is 13.3. The highest BCUT2D eigenvalue weighted by Crippen LogP contribution is 2.38. The Kier molecular flexibility index (Phi) is 2.82. The quantitative estimate of drug-likeness (QED) is 0.526. The molecule has 4 rings (SSSR count). The highest BCUT2D eigenvalue weighted by molar-refractivity contribution is 6.17. The second-order valence-electron chi connectivity index (χ2n) is 5.76. The normalized spacial score (nSPS) is 11.2. The van der Waals surface area contributed by atoms with Crippen LogP contribution in [0.4, 0.5) is 0 Å². The summed E-state index contributed by atoms with van der Waals surface area (Å²) in [4.78, 5) is 7.90. The van der Waals surface area contributed by atoms with E-state index >= 15 is 0 Å². The first-order valence-corrected chi connectivity index (χ1v) is 7.49. The molecule has 0 spiro atoms. The van der Waals surface area contributed by atoms with Gasteiger partial charge in [-0.25, -0.2) is 4.98 Å². The van der Waals surface area contributed by atoms with E-state index in [0.29, 0.717) is 5.69 Å². The number of hydrogen-bond acceptors (Lipinski definition) is 2. The molecule has 0 aliphatic carbocycles. The molecule has 0 aliphatic heterocycles. The molecule has 0 saturated carbocycles. The molecule has 0 fully saturated rings. The van der Waals surface area contributed by atoms with E-state index in [4.69, 9.17) is 11.2 Å². The first kappa shape index (κ1) is 13.7. The van der Waals surface area contributed by atoms with Crippen LogP contribution in [-0.2, 0) is 0 Å². The number of fused-ring (bicyclic) bond motifs is 4. The molecule has 0 aliphatic rings. The van der Waals surface area contributed by atoms with Gasteiger partial charge in [-0.3, -0.25) is 0 Å². The van der Waals surface area contributed by atoms with E-state index in [1.54, 1.807) is 13.3 Å². The van der Waals surface area contributed by atoms with Crippen molar-refractivity contribution in [1.29, 1.82) is 0 Å². The minimum absolute atomic E-state index is 0.697. The Bertz CT molecular complexity index is 1130. The molecule has 4 aromatic rings. The standard InChI is InChI=1S/C20H16N2O/c1-5-16-18-12(3)19-15-10-13(23-4)6-7-17(15)22-20(19)11(2)14(18)8-9-21-16/h1,6-10,22H,2-4H3. The molecule has 3 heteroatoms. The third-order valence-electron chi connectivity index (χ3n) is 4.62. The average molecular weight is 300 g/mol. The lowest BCUT2D eigenvalue weighted by Gasteiger charge is -2.10. The van der Waals surface area contributed by atoms with E-state index in [-0.39, 0.29) is 0 Å². The molecular weight excluding hydrogens is 284 g/mol. The number of hydrogen-bond donors (Lipinski definition) is 1. The number of nitrogens with zero attached hydrogens (tertiary/aromatic N) is 1. The molecule has 2 aromatic carbocycles. The van der Waals surface area contributed by atoms with Crippen LogP contribution >= 0.6 is 0 Å². The highest BCUT2D eigenvalue weighted by Gasteiger charge is 2.16. The third-order valence-corrected chi connectivity index (χ3v) is 4.62. The molecule has 1 N–H and O–H groups in total. The van der Waals surface area contributed by atoms with Crippen LogP contribution in [0.25, 0.3) is 32.6 Å². The number of H-pyrrole nitrogens is 1. The van der Waals surface area contributed by atoms with Gasteiger partial charge in [0, 0.05) is 27.9 Å². The first-order valence-electron chi connectivity index (χ1n) is 7.49. The van der Waals surface area contributed by atoms with E-state index < -0.39 is 0 Å². The van der Waals surface area contributed by atoms with Crippen molar-refractivity contribution < 1.29 is 4.74 Å². The summed E-state index contributed by atoms with van der Waals surface area (Å²) in [5, 5.41) is 4.54.